The molecule has 1 aromatic rings. The fourth-order valence-electron chi connectivity index (χ4n) is 3.01. The zero-order valence-corrected chi connectivity index (χ0v) is 18.3. The molecule has 0 unspecified atom stereocenters. The molecule has 1 aromatic carbocycles. The Balaban J connectivity index is 1.64. The number of aliphatic carboxylic acids is 1. The van der Waals surface area contributed by atoms with E-state index >= 15 is 0 Å². The molecule has 0 aromatic heterocycles. The number of rotatable bonds is 12. The average Bonchev–Trinajstić information content (AvgIpc) is 2.92. The second kappa shape index (κ2) is 12.2. The Morgan fingerprint density at radius 1 is 1.04 bits per heavy atom. The molecule has 0 spiro atoms. The Labute approximate surface area is 181 Å². The number of hydrogen-bond acceptors (Lipinski definition) is 4. The molecule has 0 radical (unpaired) electrons. The Morgan fingerprint density at radius 3 is 2.21 bits per heavy atom. The van der Waals surface area contributed by atoms with Crippen LogP contribution in [0.25, 0.3) is 6.08 Å². The summed E-state index contributed by atoms with van der Waals surface area (Å²) in [6.07, 6.45) is 10.4. The molecule has 152 valence electrons. The fourth-order valence-corrected chi connectivity index (χ4v) is 4.44. The first-order valence-corrected chi connectivity index (χ1v) is 11.3. The van der Waals surface area contributed by atoms with E-state index in [0.717, 1.165) is 56.9 Å². The predicted octanol–water partition coefficient (Wildman–Crippen LogP) is 6.14. The molecule has 4 nitrogen and oxygen atoms in total. The van der Waals surface area contributed by atoms with Crippen LogP contribution in [0.3, 0.4) is 0 Å². The molecule has 1 aliphatic rings. The molecular weight excluding hydrogens is 414 g/mol. The number of carboxylic acid groups (broad SMARTS) is 1. The summed E-state index contributed by atoms with van der Waals surface area (Å²) in [4.78, 5) is 25.4. The van der Waals surface area contributed by atoms with E-state index in [-0.39, 0.29) is 12.3 Å². The first-order valence-electron chi connectivity index (χ1n) is 9.70. The minimum absolute atomic E-state index is 0.0108. The molecule has 0 saturated carbocycles. The third-order valence-electron chi connectivity index (χ3n) is 4.56. The number of thiocarbonyl (C=S) groups is 1. The highest BCUT2D eigenvalue weighted by molar-refractivity contribution is 8.26. The van der Waals surface area contributed by atoms with Crippen molar-refractivity contribution in [3.8, 4) is 0 Å². The van der Waals surface area contributed by atoms with Crippen molar-refractivity contribution in [3.63, 3.8) is 0 Å². The van der Waals surface area contributed by atoms with Gasteiger partial charge in [0, 0.05) is 18.0 Å². The number of carboxylic acids is 1. The highest BCUT2D eigenvalue weighted by Gasteiger charge is 2.31. The van der Waals surface area contributed by atoms with Crippen molar-refractivity contribution < 1.29 is 14.7 Å². The molecule has 0 aliphatic carbocycles. The maximum absolute atomic E-state index is 12.6. The molecule has 28 heavy (non-hydrogen) atoms. The molecular formula is C21H26ClNO3S2. The van der Waals surface area contributed by atoms with Gasteiger partial charge in [-0.2, -0.15) is 0 Å². The first-order chi connectivity index (χ1) is 13.5. The number of nitrogens with zero attached hydrogens (tertiary/aromatic N) is 1. The zero-order valence-electron chi connectivity index (χ0n) is 15.9. The Hall–Kier alpha value is -1.37. The van der Waals surface area contributed by atoms with Crippen LogP contribution in [-0.4, -0.2) is 32.7 Å². The standard InChI is InChI=1S/C21H26ClNO3S2/c22-17-12-10-16(11-13-17)15-18-20(26)23(21(27)28-18)14-8-6-4-2-1-3-5-7-9-19(24)25/h10-13,15H,1-9,14H2,(H,24,25). The highest BCUT2D eigenvalue weighted by Crippen LogP contribution is 2.33. The second-order valence-electron chi connectivity index (χ2n) is 6.86. The average molecular weight is 440 g/mol. The monoisotopic (exact) mass is 439 g/mol. The van der Waals surface area contributed by atoms with Crippen LogP contribution in [0.2, 0.25) is 5.02 Å². The summed E-state index contributed by atoms with van der Waals surface area (Å²) in [5.41, 5.74) is 0.938. The number of thioether (sulfide) groups is 1. The molecule has 1 amide bonds. The van der Waals surface area contributed by atoms with Gasteiger partial charge in [-0.3, -0.25) is 14.5 Å². The van der Waals surface area contributed by atoms with E-state index < -0.39 is 5.97 Å². The highest BCUT2D eigenvalue weighted by atomic mass is 35.5. The van der Waals surface area contributed by atoms with Crippen molar-refractivity contribution >= 4 is 57.9 Å². The van der Waals surface area contributed by atoms with Crippen LogP contribution in [0.1, 0.15) is 63.4 Å². The van der Waals surface area contributed by atoms with Crippen molar-refractivity contribution in [3.05, 3.63) is 39.8 Å². The predicted molar refractivity (Wildman–Crippen MR) is 121 cm³/mol. The van der Waals surface area contributed by atoms with Gasteiger partial charge in [0.2, 0.25) is 0 Å². The molecule has 1 N–H and O–H groups in total. The Kier molecular flexibility index (Phi) is 10.0. The van der Waals surface area contributed by atoms with Gasteiger partial charge in [-0.15, -0.1) is 0 Å². The normalized spacial score (nSPS) is 15.6. The molecule has 1 saturated heterocycles. The Morgan fingerprint density at radius 2 is 1.61 bits per heavy atom. The lowest BCUT2D eigenvalue weighted by molar-refractivity contribution is -0.137. The molecule has 1 aliphatic heterocycles. The van der Waals surface area contributed by atoms with Gasteiger partial charge in [-0.05, 0) is 36.6 Å². The van der Waals surface area contributed by atoms with Crippen LogP contribution >= 0.6 is 35.6 Å². The van der Waals surface area contributed by atoms with Crippen molar-refractivity contribution in [2.75, 3.05) is 6.54 Å². The lowest BCUT2D eigenvalue weighted by Crippen LogP contribution is -2.29. The van der Waals surface area contributed by atoms with Crippen LogP contribution in [0, 0.1) is 0 Å². The van der Waals surface area contributed by atoms with Gasteiger partial charge in [0.25, 0.3) is 5.91 Å². The van der Waals surface area contributed by atoms with E-state index in [4.69, 9.17) is 28.9 Å². The van der Waals surface area contributed by atoms with E-state index in [1.54, 1.807) is 17.0 Å². The number of halogens is 1. The SMILES string of the molecule is O=C(O)CCCCCCCCCCN1C(=O)C(=Cc2ccc(Cl)cc2)SC1=S. The summed E-state index contributed by atoms with van der Waals surface area (Å²) in [5.74, 6) is -0.720. The van der Waals surface area contributed by atoms with E-state index in [1.165, 1.54) is 11.8 Å². The summed E-state index contributed by atoms with van der Waals surface area (Å²) < 4.78 is 0.628. The number of hydrogen-bond donors (Lipinski definition) is 1. The van der Waals surface area contributed by atoms with Gasteiger partial charge < -0.3 is 5.11 Å². The van der Waals surface area contributed by atoms with Crippen LogP contribution in [0.15, 0.2) is 29.2 Å². The fraction of sp³-hybridized carbons (Fsp3) is 0.476. The third-order valence-corrected chi connectivity index (χ3v) is 6.19. The summed E-state index contributed by atoms with van der Waals surface area (Å²) >= 11 is 12.6. The van der Waals surface area contributed by atoms with Gasteiger partial charge in [0.1, 0.15) is 4.32 Å². The van der Waals surface area contributed by atoms with E-state index in [0.29, 0.717) is 20.8 Å². The van der Waals surface area contributed by atoms with Crippen LogP contribution in [0.4, 0.5) is 0 Å². The molecule has 0 bridgehead atoms. The molecule has 0 atom stereocenters. The van der Waals surface area contributed by atoms with Crippen LogP contribution in [-0.2, 0) is 9.59 Å². The van der Waals surface area contributed by atoms with Crippen LogP contribution in [0.5, 0.6) is 0 Å². The van der Waals surface area contributed by atoms with Crippen molar-refractivity contribution in [1.82, 2.24) is 4.90 Å². The topological polar surface area (TPSA) is 57.6 Å². The second-order valence-corrected chi connectivity index (χ2v) is 8.97. The molecule has 1 heterocycles. The van der Waals surface area contributed by atoms with Gasteiger partial charge >= 0.3 is 5.97 Å². The number of unbranched alkanes of at least 4 members (excludes halogenated alkanes) is 7. The third kappa shape index (κ3) is 7.94. The zero-order chi connectivity index (χ0) is 20.4. The van der Waals surface area contributed by atoms with Gasteiger partial charge in [0.15, 0.2) is 0 Å². The number of carbonyl (C=O) groups excluding carboxylic acids is 1. The van der Waals surface area contributed by atoms with E-state index in [1.807, 2.05) is 18.2 Å². The van der Waals surface area contributed by atoms with E-state index in [2.05, 4.69) is 0 Å². The summed E-state index contributed by atoms with van der Waals surface area (Å²) in [5, 5.41) is 9.27. The smallest absolute Gasteiger partial charge is 0.303 e. The van der Waals surface area contributed by atoms with Gasteiger partial charge in [-0.25, -0.2) is 0 Å². The van der Waals surface area contributed by atoms with Crippen molar-refractivity contribution in [2.24, 2.45) is 0 Å². The maximum atomic E-state index is 12.6. The summed E-state index contributed by atoms with van der Waals surface area (Å²) in [6.45, 7) is 0.668. The minimum Gasteiger partial charge on any atom is -0.481 e. The number of benzene rings is 1. The quantitative estimate of drug-likeness (QED) is 0.241. The number of amides is 1. The molecule has 7 heteroatoms. The lowest BCUT2D eigenvalue weighted by Gasteiger charge is -2.14. The first kappa shape index (κ1) is 22.9. The summed E-state index contributed by atoms with van der Waals surface area (Å²) in [6, 6.07) is 7.38. The minimum atomic E-state index is -0.710. The molecule has 2 rings (SSSR count). The van der Waals surface area contributed by atoms with Crippen molar-refractivity contribution in [2.45, 2.75) is 57.8 Å². The van der Waals surface area contributed by atoms with Crippen molar-refractivity contribution in [1.29, 1.82) is 0 Å². The van der Waals surface area contributed by atoms with Gasteiger partial charge in [-0.1, -0.05) is 86.2 Å². The lowest BCUT2D eigenvalue weighted by atomic mass is 10.1. The largest absolute Gasteiger partial charge is 0.481 e. The van der Waals surface area contributed by atoms with Gasteiger partial charge in [0.05, 0.1) is 4.91 Å². The Bertz CT molecular complexity index is 719. The van der Waals surface area contributed by atoms with E-state index in [9.17, 15) is 9.59 Å². The van der Waals surface area contributed by atoms with Crippen LogP contribution < -0.4 is 0 Å². The maximum Gasteiger partial charge on any atom is 0.303 e. The molecule has 1 fully saturated rings. The summed E-state index contributed by atoms with van der Waals surface area (Å²) in [7, 11) is 0. The number of carbonyl (C=O) groups is 2.